The van der Waals surface area contributed by atoms with E-state index >= 15 is 0 Å². The fourth-order valence-corrected chi connectivity index (χ4v) is 6.03. The van der Waals surface area contributed by atoms with Gasteiger partial charge in [-0.2, -0.15) is 0 Å². The predicted octanol–water partition coefficient (Wildman–Crippen LogP) is 5.64. The Morgan fingerprint density at radius 3 is 2.40 bits per heavy atom. The van der Waals surface area contributed by atoms with Gasteiger partial charge in [0.1, 0.15) is 5.82 Å². The topological polar surface area (TPSA) is 83.1 Å². The summed E-state index contributed by atoms with van der Waals surface area (Å²) in [5, 5.41) is 0.620. The third-order valence-corrected chi connectivity index (χ3v) is 9.40. The summed E-state index contributed by atoms with van der Waals surface area (Å²) in [5.41, 5.74) is 0.592. The zero-order chi connectivity index (χ0) is 28.8. The minimum atomic E-state index is -0.765. The van der Waals surface area contributed by atoms with E-state index in [1.165, 1.54) is 4.90 Å². The summed E-state index contributed by atoms with van der Waals surface area (Å²) >= 11 is 18.4. The van der Waals surface area contributed by atoms with E-state index in [1.807, 2.05) is 17.9 Å². The minimum Gasteiger partial charge on any atom is -0.407 e. The number of ether oxygens (including phenoxy) is 1. The van der Waals surface area contributed by atoms with E-state index in [0.717, 1.165) is 30.7 Å². The first kappa shape index (κ1) is 28.9. The van der Waals surface area contributed by atoms with Crippen molar-refractivity contribution in [3.05, 3.63) is 57.0 Å². The Kier molecular flexibility index (Phi) is 8.19. The molecule has 3 fully saturated rings. The van der Waals surface area contributed by atoms with Crippen molar-refractivity contribution in [2.24, 2.45) is 11.3 Å². The Labute approximate surface area is 247 Å². The van der Waals surface area contributed by atoms with Crippen LogP contribution in [0.1, 0.15) is 44.1 Å². The fraction of sp³-hybridized carbons (Fsp3) is 0.500. The number of likely N-dealkylation sites (tertiary alicyclic amines) is 2. The second-order valence-electron chi connectivity index (χ2n) is 11.1. The van der Waals surface area contributed by atoms with Crippen molar-refractivity contribution in [3.8, 4) is 5.75 Å². The third-order valence-electron chi connectivity index (χ3n) is 8.38. The van der Waals surface area contributed by atoms with E-state index < -0.39 is 18.0 Å². The molecule has 2 atom stereocenters. The molecule has 2 aromatic rings. The maximum absolute atomic E-state index is 13.7. The van der Waals surface area contributed by atoms with Gasteiger partial charge in [0.15, 0.2) is 10.9 Å². The predicted molar refractivity (Wildman–Crippen MR) is 149 cm³/mol. The molecular weight excluding hydrogens is 582 g/mol. The average Bonchev–Trinajstić information content (AvgIpc) is 3.54. The van der Waals surface area contributed by atoms with Crippen molar-refractivity contribution < 1.29 is 23.5 Å². The molecule has 0 N–H and O–H groups in total. The maximum Gasteiger partial charge on any atom is 0.415 e. The molecule has 12 heteroatoms. The van der Waals surface area contributed by atoms with Gasteiger partial charge in [-0.3, -0.25) is 9.59 Å². The zero-order valence-electron chi connectivity index (χ0n) is 22.2. The normalized spacial score (nSPS) is 22.2. The Morgan fingerprint density at radius 2 is 1.75 bits per heavy atom. The minimum absolute atomic E-state index is 0.00330. The van der Waals surface area contributed by atoms with Crippen molar-refractivity contribution in [1.29, 1.82) is 0 Å². The van der Waals surface area contributed by atoms with Crippen LogP contribution in [0.2, 0.25) is 15.2 Å². The maximum atomic E-state index is 13.7. The highest BCUT2D eigenvalue weighted by atomic mass is 35.5. The number of benzene rings is 1. The molecule has 1 aromatic carbocycles. The number of carbonyl (C=O) groups excluding carboxylic acids is 3. The van der Waals surface area contributed by atoms with Crippen molar-refractivity contribution in [3.63, 3.8) is 0 Å². The summed E-state index contributed by atoms with van der Waals surface area (Å²) in [6.07, 6.45) is 3.21. The van der Waals surface area contributed by atoms with Crippen molar-refractivity contribution in [2.45, 2.75) is 44.6 Å². The Morgan fingerprint density at radius 1 is 1.05 bits per heavy atom. The molecule has 3 heterocycles. The summed E-state index contributed by atoms with van der Waals surface area (Å²) in [6, 6.07) is 5.78. The summed E-state index contributed by atoms with van der Waals surface area (Å²) in [4.78, 5) is 48.3. The highest BCUT2D eigenvalue weighted by Gasteiger charge is 2.48. The average molecular weight is 612 g/mol. The molecule has 5 rings (SSSR count). The van der Waals surface area contributed by atoms with Gasteiger partial charge in [-0.25, -0.2) is 14.2 Å². The lowest BCUT2D eigenvalue weighted by Crippen LogP contribution is -2.46. The van der Waals surface area contributed by atoms with E-state index in [-0.39, 0.29) is 46.5 Å². The van der Waals surface area contributed by atoms with E-state index in [9.17, 15) is 18.8 Å². The quantitative estimate of drug-likeness (QED) is 0.409. The SMILES string of the molecule is CN(C(=O)Oc1cc(F)cnc1Cl)[C@@H]1CN(C(=O)C2CCN(C(=O)C3(C)CC3)CC2)C[C@H]1c1ccc(Cl)c(Cl)c1. The molecule has 3 aliphatic rings. The van der Waals surface area contributed by atoms with Gasteiger partial charge in [0.25, 0.3) is 0 Å². The molecule has 0 spiro atoms. The van der Waals surface area contributed by atoms with Crippen LogP contribution in [0, 0.1) is 17.2 Å². The van der Waals surface area contributed by atoms with Gasteiger partial charge in [-0.1, -0.05) is 47.8 Å². The molecule has 40 heavy (non-hydrogen) atoms. The van der Waals surface area contributed by atoms with Crippen LogP contribution in [-0.2, 0) is 9.59 Å². The van der Waals surface area contributed by atoms with E-state index in [2.05, 4.69) is 4.98 Å². The molecule has 3 amide bonds. The first-order valence-electron chi connectivity index (χ1n) is 13.3. The zero-order valence-corrected chi connectivity index (χ0v) is 24.5. The fourth-order valence-electron chi connectivity index (χ4n) is 5.58. The number of pyridine rings is 1. The molecule has 0 bridgehead atoms. The van der Waals surface area contributed by atoms with E-state index in [4.69, 9.17) is 39.5 Å². The first-order valence-corrected chi connectivity index (χ1v) is 14.4. The second kappa shape index (κ2) is 11.3. The number of halogens is 4. The number of rotatable bonds is 5. The summed E-state index contributed by atoms with van der Waals surface area (Å²) in [6.45, 7) is 3.75. The van der Waals surface area contributed by atoms with Crippen LogP contribution in [0.4, 0.5) is 9.18 Å². The number of aromatic nitrogens is 1. The third kappa shape index (κ3) is 5.87. The van der Waals surface area contributed by atoms with Gasteiger partial charge in [0.05, 0.1) is 22.3 Å². The summed E-state index contributed by atoms with van der Waals surface area (Å²) in [5.74, 6) is -1.20. The van der Waals surface area contributed by atoms with Crippen LogP contribution in [0.25, 0.3) is 0 Å². The van der Waals surface area contributed by atoms with Crippen LogP contribution in [0.15, 0.2) is 30.5 Å². The Bertz CT molecular complexity index is 1330. The standard InChI is InChI=1S/C28H30Cl3FN4O4/c1-28(7-8-28)26(38)35-9-5-16(6-10-35)25(37)36-14-19(17-3-4-20(29)21(30)11-17)22(15-36)34(2)27(39)40-23-12-18(32)13-33-24(23)31/h3-4,11-13,16,19,22H,5-10,14-15H2,1-2H3/t19-,22+/m0/s1. The van der Waals surface area contributed by atoms with Crippen molar-refractivity contribution in [1.82, 2.24) is 19.7 Å². The molecule has 214 valence electrons. The molecule has 0 radical (unpaired) electrons. The summed E-state index contributed by atoms with van der Waals surface area (Å²) in [7, 11) is 1.56. The Balaban J connectivity index is 1.31. The number of hydrogen-bond donors (Lipinski definition) is 0. The van der Waals surface area contributed by atoms with Gasteiger partial charge >= 0.3 is 6.09 Å². The van der Waals surface area contributed by atoms with Crippen LogP contribution < -0.4 is 4.74 Å². The number of amides is 3. The molecule has 1 aliphatic carbocycles. The lowest BCUT2D eigenvalue weighted by molar-refractivity contribution is -0.142. The van der Waals surface area contributed by atoms with E-state index in [1.54, 1.807) is 24.1 Å². The van der Waals surface area contributed by atoms with Gasteiger partial charge in [0.2, 0.25) is 11.8 Å². The molecule has 1 saturated carbocycles. The number of likely N-dealkylation sites (N-methyl/N-ethyl adjacent to an activating group) is 1. The van der Waals surface area contributed by atoms with Crippen LogP contribution >= 0.6 is 34.8 Å². The molecule has 0 unspecified atom stereocenters. The molecular formula is C28H30Cl3FN4O4. The molecule has 2 saturated heterocycles. The van der Waals surface area contributed by atoms with Crippen LogP contribution in [0.5, 0.6) is 5.75 Å². The number of nitrogens with zero attached hydrogens (tertiary/aromatic N) is 4. The van der Waals surface area contributed by atoms with Gasteiger partial charge in [-0.15, -0.1) is 0 Å². The van der Waals surface area contributed by atoms with Crippen molar-refractivity contribution >= 4 is 52.7 Å². The van der Waals surface area contributed by atoms with E-state index in [0.29, 0.717) is 42.5 Å². The highest BCUT2D eigenvalue weighted by Crippen LogP contribution is 2.47. The van der Waals surface area contributed by atoms with Gasteiger partial charge in [0, 0.05) is 56.5 Å². The lowest BCUT2D eigenvalue weighted by atomic mass is 9.93. The first-order chi connectivity index (χ1) is 19.0. The Hall–Kier alpha value is -2.62. The van der Waals surface area contributed by atoms with Gasteiger partial charge in [-0.05, 0) is 43.4 Å². The monoisotopic (exact) mass is 610 g/mol. The molecule has 2 aliphatic heterocycles. The largest absolute Gasteiger partial charge is 0.415 e. The van der Waals surface area contributed by atoms with Crippen molar-refractivity contribution in [2.75, 3.05) is 33.2 Å². The lowest BCUT2D eigenvalue weighted by Gasteiger charge is -2.34. The molecule has 8 nitrogen and oxygen atoms in total. The molecule has 1 aromatic heterocycles. The van der Waals surface area contributed by atoms with Crippen LogP contribution in [0.3, 0.4) is 0 Å². The highest BCUT2D eigenvalue weighted by molar-refractivity contribution is 6.42. The smallest absolute Gasteiger partial charge is 0.407 e. The number of carbonyl (C=O) groups is 3. The second-order valence-corrected chi connectivity index (χ2v) is 12.3. The number of piperidine rings is 1. The van der Waals surface area contributed by atoms with Crippen LogP contribution in [-0.4, -0.2) is 76.9 Å². The number of hydrogen-bond acceptors (Lipinski definition) is 5. The van der Waals surface area contributed by atoms with Gasteiger partial charge < -0.3 is 19.4 Å². The summed E-state index contributed by atoms with van der Waals surface area (Å²) < 4.78 is 19.1.